The molecule has 2 N–H and O–H groups in total. The summed E-state index contributed by atoms with van der Waals surface area (Å²) < 4.78 is 99.9. The largest absolute Gasteiger partial charge is 0.433 e. The molecular weight excluding hydrogens is 676 g/mol. The summed E-state index contributed by atoms with van der Waals surface area (Å²) in [6.07, 6.45) is 4.59. The van der Waals surface area contributed by atoms with E-state index in [1.165, 1.54) is 48.6 Å². The molecule has 5 fully saturated rings. The summed E-state index contributed by atoms with van der Waals surface area (Å²) in [6, 6.07) is 9.81. The minimum atomic E-state index is -4.57. The molecule has 47 heavy (non-hydrogen) atoms. The summed E-state index contributed by atoms with van der Waals surface area (Å²) >= 11 is 1.42. The van der Waals surface area contributed by atoms with Gasteiger partial charge in [0.1, 0.15) is 15.7 Å². The number of rotatable bonds is 10. The molecule has 9 rings (SSSR count). The first-order valence-electron chi connectivity index (χ1n) is 15.0. The number of fused-ring (bicyclic) bond motifs is 1. The van der Waals surface area contributed by atoms with E-state index < -0.39 is 42.9 Å². The Morgan fingerprint density at radius 1 is 1.04 bits per heavy atom. The van der Waals surface area contributed by atoms with Gasteiger partial charge in [0.2, 0.25) is 5.95 Å². The highest BCUT2D eigenvalue weighted by molar-refractivity contribution is 7.93. The highest BCUT2D eigenvalue weighted by Gasteiger charge is 2.60. The van der Waals surface area contributed by atoms with E-state index in [0.29, 0.717) is 28.1 Å². The van der Waals surface area contributed by atoms with Crippen LogP contribution in [-0.2, 0) is 25.3 Å². The zero-order valence-electron chi connectivity index (χ0n) is 24.8. The number of aryl methyl sites for hydroxylation is 1. The zero-order valence-corrected chi connectivity index (χ0v) is 27.2. The van der Waals surface area contributed by atoms with Crippen LogP contribution in [0.25, 0.3) is 21.8 Å². The van der Waals surface area contributed by atoms with Crippen LogP contribution in [0.5, 0.6) is 5.75 Å². The fraction of sp³-hybridized carbons (Fsp3) is 0.387. The number of sulfonamides is 1. The van der Waals surface area contributed by atoms with Crippen LogP contribution in [0.15, 0.2) is 53.6 Å². The standard InChI is InChI=1S/C31H28F3N5O5S3/c1-15-4-2-7-22(44-29(33)34)27(15)47(42,43)39-20-6-3-5-17(23(20)32)25-26(45-28(37-25)31-10-16(11-31)12-31)21-8-9-35-30(36-21)38-24-18-13-46(40,41)14-19(18)24/h2-9,16,18-19,24,29,39H,10-14H2,1H3,(H,35,36,38)/t16?,18-,19+,24+,31?. The van der Waals surface area contributed by atoms with E-state index >= 15 is 4.39 Å². The fourth-order valence-electron chi connectivity index (χ4n) is 7.26. The monoisotopic (exact) mass is 703 g/mol. The molecule has 2 aromatic carbocycles. The van der Waals surface area contributed by atoms with Crippen LogP contribution in [0, 0.1) is 30.5 Å². The average molecular weight is 704 g/mol. The van der Waals surface area contributed by atoms with Crippen LogP contribution in [-0.4, -0.2) is 55.9 Å². The van der Waals surface area contributed by atoms with Gasteiger partial charge in [-0.2, -0.15) is 8.78 Å². The maximum absolute atomic E-state index is 16.4. The Labute approximate surface area is 272 Å². The molecule has 1 aliphatic heterocycles. The number of aromatic nitrogens is 3. The van der Waals surface area contributed by atoms with Gasteiger partial charge in [-0.15, -0.1) is 11.3 Å². The summed E-state index contributed by atoms with van der Waals surface area (Å²) in [5, 5.41) is 4.12. The first-order valence-corrected chi connectivity index (χ1v) is 19.1. The number of hydrogen-bond donors (Lipinski definition) is 2. The average Bonchev–Trinajstić information content (AvgIpc) is 3.25. The Morgan fingerprint density at radius 3 is 2.45 bits per heavy atom. The van der Waals surface area contributed by atoms with Gasteiger partial charge in [-0.05, 0) is 73.8 Å². The Hall–Kier alpha value is -3.76. The number of benzene rings is 2. The minimum absolute atomic E-state index is 0.0282. The van der Waals surface area contributed by atoms with Gasteiger partial charge in [-0.3, -0.25) is 4.72 Å². The number of nitrogens with one attached hydrogen (secondary N) is 2. The van der Waals surface area contributed by atoms with Crippen LogP contribution < -0.4 is 14.8 Å². The van der Waals surface area contributed by atoms with E-state index in [4.69, 9.17) is 9.97 Å². The van der Waals surface area contributed by atoms with Crippen molar-refractivity contribution in [3.8, 4) is 27.6 Å². The van der Waals surface area contributed by atoms with Gasteiger partial charge in [0.05, 0.1) is 33.5 Å². The minimum Gasteiger partial charge on any atom is -0.433 e. The summed E-state index contributed by atoms with van der Waals surface area (Å²) in [7, 11) is -7.58. The number of thiazole rings is 1. The first kappa shape index (κ1) is 30.6. The van der Waals surface area contributed by atoms with Crippen molar-refractivity contribution in [2.24, 2.45) is 17.8 Å². The van der Waals surface area contributed by atoms with E-state index in [2.05, 4.69) is 19.8 Å². The van der Waals surface area contributed by atoms with Gasteiger partial charge in [0.15, 0.2) is 15.7 Å². The summed E-state index contributed by atoms with van der Waals surface area (Å²) in [5.41, 5.74) is 0.519. The second kappa shape index (κ2) is 10.6. The van der Waals surface area contributed by atoms with Crippen molar-refractivity contribution in [1.82, 2.24) is 15.0 Å². The maximum atomic E-state index is 16.4. The molecule has 16 heteroatoms. The molecule has 4 saturated carbocycles. The smallest absolute Gasteiger partial charge is 0.387 e. The first-order chi connectivity index (χ1) is 22.3. The summed E-state index contributed by atoms with van der Waals surface area (Å²) in [4.78, 5) is 14.0. The van der Waals surface area contributed by atoms with Gasteiger partial charge < -0.3 is 10.1 Å². The molecule has 3 heterocycles. The van der Waals surface area contributed by atoms with E-state index in [0.717, 1.165) is 30.3 Å². The van der Waals surface area contributed by atoms with Crippen molar-refractivity contribution in [2.75, 3.05) is 21.5 Å². The van der Waals surface area contributed by atoms with Gasteiger partial charge in [0.25, 0.3) is 10.0 Å². The highest BCUT2D eigenvalue weighted by Crippen LogP contribution is 2.66. The normalized spacial score (nSPS) is 26.7. The molecule has 1 saturated heterocycles. The summed E-state index contributed by atoms with van der Waals surface area (Å²) in [5.74, 6) is -0.116. The van der Waals surface area contributed by atoms with Crippen LogP contribution in [0.2, 0.25) is 0 Å². The van der Waals surface area contributed by atoms with Gasteiger partial charge in [0, 0.05) is 23.2 Å². The second-order valence-corrected chi connectivity index (χ2v) is 17.6. The fourth-order valence-corrected chi connectivity index (χ4v) is 12.2. The molecule has 3 atom stereocenters. The molecule has 4 aromatic rings. The topological polar surface area (TPSA) is 140 Å². The van der Waals surface area contributed by atoms with Crippen molar-refractivity contribution < 1.29 is 34.7 Å². The lowest BCUT2D eigenvalue weighted by atomic mass is 9.45. The molecule has 0 radical (unpaired) electrons. The lowest BCUT2D eigenvalue weighted by Crippen LogP contribution is -2.55. The van der Waals surface area contributed by atoms with E-state index in [9.17, 15) is 25.6 Å². The molecule has 246 valence electrons. The van der Waals surface area contributed by atoms with Gasteiger partial charge >= 0.3 is 6.61 Å². The van der Waals surface area contributed by atoms with Crippen LogP contribution in [0.4, 0.5) is 24.8 Å². The third-order valence-electron chi connectivity index (χ3n) is 9.69. The molecule has 4 aliphatic carbocycles. The van der Waals surface area contributed by atoms with E-state index in [1.54, 1.807) is 12.3 Å². The van der Waals surface area contributed by atoms with E-state index in [-0.39, 0.29) is 51.6 Å². The number of halogens is 3. The zero-order chi connectivity index (χ0) is 32.9. The lowest BCUT2D eigenvalue weighted by molar-refractivity contribution is -0.0517. The predicted octanol–water partition coefficient (Wildman–Crippen LogP) is 5.62. The lowest BCUT2D eigenvalue weighted by Gasteiger charge is -2.60. The molecular formula is C31H28F3N5O5S3. The maximum Gasteiger partial charge on any atom is 0.387 e. The Kier molecular flexibility index (Phi) is 6.91. The number of hydrogen-bond acceptors (Lipinski definition) is 10. The molecule has 5 aliphatic rings. The molecule has 10 nitrogen and oxygen atoms in total. The predicted molar refractivity (Wildman–Crippen MR) is 169 cm³/mol. The molecule has 0 spiro atoms. The van der Waals surface area contributed by atoms with Crippen molar-refractivity contribution in [1.29, 1.82) is 0 Å². The SMILES string of the molecule is Cc1cccc(OC(F)F)c1S(=O)(=O)Nc1cccc(-c2nc(C34CC(C3)C4)sc2-c2ccnc(N[C@H]3[C@@H]4CS(=O)(=O)C[C@@H]43)n2)c1F. The van der Waals surface area contributed by atoms with Crippen molar-refractivity contribution >= 4 is 42.8 Å². The summed E-state index contributed by atoms with van der Waals surface area (Å²) in [6.45, 7) is -1.84. The molecule has 2 aromatic heterocycles. The van der Waals surface area contributed by atoms with Crippen LogP contribution >= 0.6 is 11.3 Å². The third-order valence-corrected chi connectivity index (χ3v) is 14.3. The number of alkyl halides is 2. The number of nitrogens with zero attached hydrogens (tertiary/aromatic N) is 3. The van der Waals surface area contributed by atoms with E-state index in [1.807, 2.05) is 0 Å². The van der Waals surface area contributed by atoms with Crippen LogP contribution in [0.3, 0.4) is 0 Å². The van der Waals surface area contributed by atoms with Crippen molar-refractivity contribution in [3.63, 3.8) is 0 Å². The molecule has 2 bridgehead atoms. The molecule has 0 unspecified atom stereocenters. The van der Waals surface area contributed by atoms with Gasteiger partial charge in [-0.25, -0.2) is 36.2 Å². The Bertz CT molecular complexity index is 2130. The van der Waals surface area contributed by atoms with Crippen LogP contribution in [0.1, 0.15) is 29.8 Å². The quantitative estimate of drug-likeness (QED) is 0.215. The Balaban J connectivity index is 1.15. The number of sulfone groups is 1. The van der Waals surface area contributed by atoms with Gasteiger partial charge in [-0.1, -0.05) is 18.2 Å². The number of ether oxygens (including phenoxy) is 1. The molecule has 0 amide bonds. The Morgan fingerprint density at radius 2 is 1.77 bits per heavy atom. The third kappa shape index (κ3) is 5.24. The highest BCUT2D eigenvalue weighted by atomic mass is 32.2. The number of anilines is 2. The van der Waals surface area contributed by atoms with Crippen molar-refractivity contribution in [3.05, 3.63) is 65.0 Å². The second-order valence-electron chi connectivity index (χ2n) is 12.8. The van der Waals surface area contributed by atoms with Crippen molar-refractivity contribution in [2.45, 2.75) is 49.2 Å².